The molecule has 0 amide bonds. The maximum Gasteiger partial charge on any atom is 0.160 e. The molecule has 1 unspecified atom stereocenters. The molecule has 8 aromatic carbocycles. The van der Waals surface area contributed by atoms with E-state index >= 15 is 0 Å². The van der Waals surface area contributed by atoms with Crippen LogP contribution in [-0.2, 0) is 5.41 Å². The van der Waals surface area contributed by atoms with Crippen LogP contribution >= 0.6 is 0 Å². The lowest BCUT2D eigenvalue weighted by atomic mass is 9.64. The molecule has 52 heavy (non-hydrogen) atoms. The van der Waals surface area contributed by atoms with Gasteiger partial charge in [-0.05, 0) is 74.1 Å². The normalized spacial score (nSPS) is 15.2. The SMILES string of the molecule is c1ccc(-c2cc(-c3ccc4c(c3)C3(c5ccccc5O4)c4ccccc4-c4c3c3ccccc3c3ccccc43)nc(-c3ccccc3)n2)cc1. The first kappa shape index (κ1) is 28.9. The fourth-order valence-electron chi connectivity index (χ4n) is 8.80. The van der Waals surface area contributed by atoms with Crippen LogP contribution in [0.3, 0.4) is 0 Å². The van der Waals surface area contributed by atoms with Gasteiger partial charge in [-0.25, -0.2) is 9.97 Å². The summed E-state index contributed by atoms with van der Waals surface area (Å²) in [5, 5.41) is 5.03. The van der Waals surface area contributed by atoms with E-state index in [9.17, 15) is 0 Å². The standard InChI is InChI=1S/C49H30N2O/c1-3-15-31(16-4-1)42-30-43(51-48(50-42)32-17-5-2-6-18-32)33-27-28-45-41(29-33)49(40-25-13-14-26-44(40)52-45)39-24-12-11-23-38(39)46-36-21-9-7-19-34(36)35-20-8-10-22-37(35)47(46)49/h1-30H. The Kier molecular flexibility index (Phi) is 6.17. The maximum absolute atomic E-state index is 6.84. The van der Waals surface area contributed by atoms with E-state index in [4.69, 9.17) is 14.7 Å². The predicted octanol–water partition coefficient (Wildman–Crippen LogP) is 12.3. The Bertz CT molecular complexity index is 2820. The van der Waals surface area contributed by atoms with Gasteiger partial charge in [0.2, 0.25) is 0 Å². The molecule has 1 spiro atoms. The van der Waals surface area contributed by atoms with E-state index in [2.05, 4.69) is 158 Å². The Balaban J connectivity index is 1.26. The molecule has 3 heteroatoms. The summed E-state index contributed by atoms with van der Waals surface area (Å²) in [7, 11) is 0. The molecule has 0 saturated carbocycles. The van der Waals surface area contributed by atoms with Crippen LogP contribution in [-0.4, -0.2) is 9.97 Å². The van der Waals surface area contributed by atoms with Crippen molar-refractivity contribution in [2.75, 3.05) is 0 Å². The third-order valence-corrected chi connectivity index (χ3v) is 10.9. The molecule has 0 radical (unpaired) electrons. The molecule has 0 saturated heterocycles. The Morgan fingerprint density at radius 2 is 0.942 bits per heavy atom. The number of ether oxygens (including phenoxy) is 1. The van der Waals surface area contributed by atoms with Gasteiger partial charge >= 0.3 is 0 Å². The van der Waals surface area contributed by atoms with Crippen LogP contribution < -0.4 is 4.74 Å². The van der Waals surface area contributed by atoms with Crippen LogP contribution in [0, 0.1) is 0 Å². The minimum atomic E-state index is -0.646. The molecular formula is C49H30N2O. The highest BCUT2D eigenvalue weighted by atomic mass is 16.5. The van der Waals surface area contributed by atoms with Crippen LogP contribution in [0.25, 0.3) is 66.6 Å². The van der Waals surface area contributed by atoms with Gasteiger partial charge in [0.1, 0.15) is 11.5 Å². The number of nitrogens with zero attached hydrogens (tertiary/aromatic N) is 2. The van der Waals surface area contributed by atoms with E-state index in [-0.39, 0.29) is 0 Å². The van der Waals surface area contributed by atoms with Gasteiger partial charge in [0.25, 0.3) is 0 Å². The smallest absolute Gasteiger partial charge is 0.160 e. The Morgan fingerprint density at radius 3 is 1.71 bits per heavy atom. The van der Waals surface area contributed by atoms with E-state index < -0.39 is 5.41 Å². The Labute approximate surface area is 301 Å². The van der Waals surface area contributed by atoms with Gasteiger partial charge in [-0.1, -0.05) is 152 Å². The second-order valence-corrected chi connectivity index (χ2v) is 13.6. The number of fused-ring (bicyclic) bond motifs is 14. The van der Waals surface area contributed by atoms with Crippen molar-refractivity contribution in [1.82, 2.24) is 9.97 Å². The van der Waals surface area contributed by atoms with Gasteiger partial charge in [0.05, 0.1) is 16.8 Å². The molecule has 242 valence electrons. The van der Waals surface area contributed by atoms with Gasteiger partial charge in [-0.2, -0.15) is 0 Å². The summed E-state index contributed by atoms with van der Waals surface area (Å²) in [6.45, 7) is 0. The molecule has 0 N–H and O–H groups in total. The average molecular weight is 663 g/mol. The zero-order valence-corrected chi connectivity index (χ0v) is 28.1. The molecule has 0 bridgehead atoms. The topological polar surface area (TPSA) is 35.0 Å². The van der Waals surface area contributed by atoms with Crippen molar-refractivity contribution in [3.05, 3.63) is 204 Å². The summed E-state index contributed by atoms with van der Waals surface area (Å²) in [4.78, 5) is 10.3. The lowest BCUT2D eigenvalue weighted by Crippen LogP contribution is -2.32. The molecule has 2 aliphatic rings. The van der Waals surface area contributed by atoms with Crippen LogP contribution in [0.1, 0.15) is 22.3 Å². The summed E-state index contributed by atoms with van der Waals surface area (Å²) < 4.78 is 6.84. The number of rotatable bonds is 3. The van der Waals surface area contributed by atoms with Crippen LogP contribution in [0.2, 0.25) is 0 Å². The number of para-hydroxylation sites is 1. The van der Waals surface area contributed by atoms with Crippen molar-refractivity contribution < 1.29 is 4.74 Å². The molecule has 1 aromatic heterocycles. The highest BCUT2D eigenvalue weighted by Gasteiger charge is 2.52. The van der Waals surface area contributed by atoms with Crippen molar-refractivity contribution in [2.24, 2.45) is 0 Å². The van der Waals surface area contributed by atoms with Gasteiger partial charge in [-0.15, -0.1) is 0 Å². The van der Waals surface area contributed by atoms with E-state index in [1.165, 1.54) is 43.8 Å². The Hall–Kier alpha value is -6.84. The molecule has 1 aliphatic heterocycles. The van der Waals surface area contributed by atoms with Crippen molar-refractivity contribution in [3.8, 4) is 56.5 Å². The van der Waals surface area contributed by atoms with Crippen LogP contribution in [0.5, 0.6) is 11.5 Å². The molecule has 9 aromatic rings. The van der Waals surface area contributed by atoms with Crippen molar-refractivity contribution >= 4 is 21.5 Å². The molecule has 3 nitrogen and oxygen atoms in total. The minimum absolute atomic E-state index is 0.646. The second-order valence-electron chi connectivity index (χ2n) is 13.6. The Morgan fingerprint density at radius 1 is 0.385 bits per heavy atom. The van der Waals surface area contributed by atoms with Gasteiger partial charge in [0.15, 0.2) is 5.82 Å². The second kappa shape index (κ2) is 11.1. The molecular weight excluding hydrogens is 633 g/mol. The van der Waals surface area contributed by atoms with E-state index in [0.717, 1.165) is 50.7 Å². The highest BCUT2D eigenvalue weighted by molar-refractivity contribution is 6.19. The molecule has 11 rings (SSSR count). The zero-order chi connectivity index (χ0) is 34.2. The van der Waals surface area contributed by atoms with Crippen LogP contribution in [0.15, 0.2) is 182 Å². The third kappa shape index (κ3) is 4.02. The first-order valence-electron chi connectivity index (χ1n) is 17.7. The van der Waals surface area contributed by atoms with Gasteiger partial charge in [-0.3, -0.25) is 0 Å². The highest BCUT2D eigenvalue weighted by Crippen LogP contribution is 2.65. The third-order valence-electron chi connectivity index (χ3n) is 10.9. The maximum atomic E-state index is 6.84. The summed E-state index contributed by atoms with van der Waals surface area (Å²) in [6, 6.07) is 64.7. The lowest BCUT2D eigenvalue weighted by Gasteiger charge is -2.40. The quantitative estimate of drug-likeness (QED) is 0.177. The fraction of sp³-hybridized carbons (Fsp3) is 0.0204. The number of hydrogen-bond acceptors (Lipinski definition) is 3. The van der Waals surface area contributed by atoms with E-state index in [1.807, 2.05) is 24.3 Å². The summed E-state index contributed by atoms with van der Waals surface area (Å²) >= 11 is 0. The summed E-state index contributed by atoms with van der Waals surface area (Å²) in [5.74, 6) is 2.42. The minimum Gasteiger partial charge on any atom is -0.457 e. The van der Waals surface area contributed by atoms with Gasteiger partial charge < -0.3 is 4.74 Å². The average Bonchev–Trinajstić information content (AvgIpc) is 3.53. The first-order chi connectivity index (χ1) is 25.8. The van der Waals surface area contributed by atoms with Gasteiger partial charge in [0, 0.05) is 27.8 Å². The molecule has 1 aliphatic carbocycles. The largest absolute Gasteiger partial charge is 0.457 e. The molecule has 2 heterocycles. The summed E-state index contributed by atoms with van der Waals surface area (Å²) in [6.07, 6.45) is 0. The zero-order valence-electron chi connectivity index (χ0n) is 28.1. The predicted molar refractivity (Wildman–Crippen MR) is 211 cm³/mol. The monoisotopic (exact) mass is 662 g/mol. The molecule has 1 atom stereocenters. The number of hydrogen-bond donors (Lipinski definition) is 0. The molecule has 0 fully saturated rings. The number of benzene rings is 8. The van der Waals surface area contributed by atoms with E-state index in [1.54, 1.807) is 0 Å². The van der Waals surface area contributed by atoms with Crippen molar-refractivity contribution in [2.45, 2.75) is 5.41 Å². The van der Waals surface area contributed by atoms with E-state index in [0.29, 0.717) is 5.82 Å². The van der Waals surface area contributed by atoms with Crippen molar-refractivity contribution in [1.29, 1.82) is 0 Å². The first-order valence-corrected chi connectivity index (χ1v) is 17.7. The van der Waals surface area contributed by atoms with Crippen molar-refractivity contribution in [3.63, 3.8) is 0 Å². The number of aromatic nitrogens is 2. The summed E-state index contributed by atoms with van der Waals surface area (Å²) in [5.41, 5.74) is 11.5. The lowest BCUT2D eigenvalue weighted by molar-refractivity contribution is 0.437. The fourth-order valence-corrected chi connectivity index (χ4v) is 8.80. The van der Waals surface area contributed by atoms with Crippen LogP contribution in [0.4, 0.5) is 0 Å².